The molecule has 0 aliphatic rings. The smallest absolute Gasteiger partial charge is 0.00203 e. The van der Waals surface area contributed by atoms with E-state index >= 15 is 0 Å². The first-order valence-corrected chi connectivity index (χ1v) is 13.9. The third kappa shape index (κ3) is 3.69. The second kappa shape index (κ2) is 9.22. The molecule has 40 heavy (non-hydrogen) atoms. The largest absolute Gasteiger partial charge is 0.0622 e. The van der Waals surface area contributed by atoms with Crippen molar-refractivity contribution >= 4 is 32.3 Å². The van der Waals surface area contributed by atoms with Crippen molar-refractivity contribution in [3.05, 3.63) is 158 Å². The topological polar surface area (TPSA) is 0 Å². The lowest BCUT2D eigenvalue weighted by atomic mass is 9.87. The van der Waals surface area contributed by atoms with Crippen molar-refractivity contribution in [3.63, 3.8) is 0 Å². The van der Waals surface area contributed by atoms with Gasteiger partial charge in [0.05, 0.1) is 0 Å². The summed E-state index contributed by atoms with van der Waals surface area (Å²) in [5.74, 6) is 0. The predicted octanol–water partition coefficient (Wildman–Crippen LogP) is 11.3. The van der Waals surface area contributed by atoms with Gasteiger partial charge >= 0.3 is 0 Å². The van der Waals surface area contributed by atoms with Crippen LogP contribution in [-0.2, 0) is 0 Å². The van der Waals surface area contributed by atoms with Gasteiger partial charge in [-0.2, -0.15) is 0 Å². The van der Waals surface area contributed by atoms with E-state index in [-0.39, 0.29) is 0 Å². The van der Waals surface area contributed by atoms with Crippen LogP contribution in [0, 0.1) is 0 Å². The number of rotatable bonds is 4. The molecule has 0 nitrogen and oxygen atoms in total. The molecule has 0 saturated carbocycles. The lowest BCUT2D eigenvalue weighted by molar-refractivity contribution is 1.60. The Balaban J connectivity index is 1.27. The van der Waals surface area contributed by atoms with Gasteiger partial charge in [-0.3, -0.25) is 0 Å². The first-order valence-electron chi connectivity index (χ1n) is 13.9. The minimum atomic E-state index is 1.24. The molecule has 0 aromatic heterocycles. The molecule has 0 aliphatic heterocycles. The molecule has 8 rings (SSSR count). The van der Waals surface area contributed by atoms with Gasteiger partial charge in [0.1, 0.15) is 0 Å². The molecule has 0 radical (unpaired) electrons. The summed E-state index contributed by atoms with van der Waals surface area (Å²) in [7, 11) is 0. The maximum atomic E-state index is 2.30. The van der Waals surface area contributed by atoms with Crippen molar-refractivity contribution in [3.8, 4) is 44.5 Å². The maximum Gasteiger partial charge on any atom is -0.00203 e. The van der Waals surface area contributed by atoms with Gasteiger partial charge in [0.15, 0.2) is 0 Å². The van der Waals surface area contributed by atoms with Crippen LogP contribution in [0.5, 0.6) is 0 Å². The fraction of sp³-hybridized carbons (Fsp3) is 0. The van der Waals surface area contributed by atoms with Crippen molar-refractivity contribution in [2.45, 2.75) is 0 Å². The second-order valence-electron chi connectivity index (χ2n) is 10.5. The summed E-state index contributed by atoms with van der Waals surface area (Å²) in [6, 6.07) is 57.4. The Morgan fingerprint density at radius 1 is 0.225 bits per heavy atom. The molecule has 186 valence electrons. The normalized spacial score (nSPS) is 11.5. The van der Waals surface area contributed by atoms with Crippen molar-refractivity contribution in [1.82, 2.24) is 0 Å². The van der Waals surface area contributed by atoms with Crippen molar-refractivity contribution in [2.75, 3.05) is 0 Å². The van der Waals surface area contributed by atoms with E-state index in [4.69, 9.17) is 0 Å². The highest BCUT2D eigenvalue weighted by Gasteiger charge is 2.15. The fourth-order valence-electron chi connectivity index (χ4n) is 6.25. The molecule has 0 saturated heterocycles. The lowest BCUT2D eigenvalue weighted by Gasteiger charge is -2.17. The third-order valence-electron chi connectivity index (χ3n) is 8.27. The second-order valence-corrected chi connectivity index (χ2v) is 10.5. The molecule has 0 heteroatoms. The van der Waals surface area contributed by atoms with Gasteiger partial charge in [-0.1, -0.05) is 158 Å². The molecule has 0 spiro atoms. The van der Waals surface area contributed by atoms with Gasteiger partial charge in [-0.25, -0.2) is 0 Å². The Morgan fingerprint density at radius 2 is 0.550 bits per heavy atom. The van der Waals surface area contributed by atoms with E-state index in [0.717, 1.165) is 0 Å². The van der Waals surface area contributed by atoms with Crippen molar-refractivity contribution in [1.29, 1.82) is 0 Å². The molecule has 0 unspecified atom stereocenters. The zero-order chi connectivity index (χ0) is 26.5. The molecule has 0 atom stereocenters. The Labute approximate surface area is 234 Å². The third-order valence-corrected chi connectivity index (χ3v) is 8.27. The maximum absolute atomic E-state index is 2.30. The minimum Gasteiger partial charge on any atom is -0.0622 e. The van der Waals surface area contributed by atoms with Gasteiger partial charge < -0.3 is 0 Å². The molecule has 0 amide bonds. The van der Waals surface area contributed by atoms with Crippen LogP contribution < -0.4 is 0 Å². The Bertz CT molecular complexity index is 1940. The highest BCUT2D eigenvalue weighted by atomic mass is 14.2. The predicted molar refractivity (Wildman–Crippen MR) is 172 cm³/mol. The Kier molecular flexibility index (Phi) is 5.24. The van der Waals surface area contributed by atoms with Crippen LogP contribution in [0.3, 0.4) is 0 Å². The molecule has 0 aliphatic carbocycles. The number of hydrogen-bond donors (Lipinski definition) is 0. The molecule has 0 bridgehead atoms. The van der Waals surface area contributed by atoms with Gasteiger partial charge in [-0.15, -0.1) is 0 Å². The standard InChI is InChI=1S/C40H26/c1-3-7-27(8-4-1)29-11-15-31(16-12-29)35-23-19-33-22-26-38-36(24-20-34-21-25-37(35)39(33)40(34)38)32-17-13-30(14-18-32)28-9-5-2-6-10-28/h1-26H. The fourth-order valence-corrected chi connectivity index (χ4v) is 6.25. The van der Waals surface area contributed by atoms with Crippen LogP contribution in [0.4, 0.5) is 0 Å². The molecule has 0 fully saturated rings. The van der Waals surface area contributed by atoms with Gasteiger partial charge in [0.2, 0.25) is 0 Å². The van der Waals surface area contributed by atoms with E-state index in [9.17, 15) is 0 Å². The zero-order valence-electron chi connectivity index (χ0n) is 22.0. The molecule has 8 aromatic rings. The number of hydrogen-bond acceptors (Lipinski definition) is 0. The van der Waals surface area contributed by atoms with Crippen molar-refractivity contribution < 1.29 is 0 Å². The Morgan fingerprint density at radius 3 is 0.950 bits per heavy atom. The first kappa shape index (κ1) is 22.8. The highest BCUT2D eigenvalue weighted by molar-refractivity contribution is 6.27. The summed E-state index contributed by atoms with van der Waals surface area (Å²) in [6.07, 6.45) is 0. The molecular weight excluding hydrogens is 480 g/mol. The van der Waals surface area contributed by atoms with Gasteiger partial charge in [-0.05, 0) is 76.8 Å². The number of benzene rings is 8. The van der Waals surface area contributed by atoms with Gasteiger partial charge in [0, 0.05) is 0 Å². The SMILES string of the molecule is c1ccc(-c2ccc(-c3ccc4ccc5c(-c6ccc(-c7ccccc7)cc6)ccc6ccc3c4c65)cc2)cc1. The molecule has 0 heterocycles. The summed E-state index contributed by atoms with van der Waals surface area (Å²) in [5.41, 5.74) is 10.0. The monoisotopic (exact) mass is 506 g/mol. The van der Waals surface area contributed by atoms with Crippen molar-refractivity contribution in [2.24, 2.45) is 0 Å². The van der Waals surface area contributed by atoms with E-state index in [1.165, 1.54) is 76.8 Å². The van der Waals surface area contributed by atoms with E-state index in [1.54, 1.807) is 0 Å². The van der Waals surface area contributed by atoms with Crippen LogP contribution in [-0.4, -0.2) is 0 Å². The average molecular weight is 507 g/mol. The highest BCUT2D eigenvalue weighted by Crippen LogP contribution is 2.42. The van der Waals surface area contributed by atoms with E-state index < -0.39 is 0 Å². The van der Waals surface area contributed by atoms with E-state index in [1.807, 2.05) is 0 Å². The van der Waals surface area contributed by atoms with Gasteiger partial charge in [0.25, 0.3) is 0 Å². The van der Waals surface area contributed by atoms with E-state index in [0.29, 0.717) is 0 Å². The van der Waals surface area contributed by atoms with Crippen LogP contribution in [0.25, 0.3) is 76.8 Å². The summed E-state index contributed by atoms with van der Waals surface area (Å²) in [4.78, 5) is 0. The quantitative estimate of drug-likeness (QED) is 0.208. The summed E-state index contributed by atoms with van der Waals surface area (Å²) in [6.45, 7) is 0. The van der Waals surface area contributed by atoms with Crippen LogP contribution in [0.15, 0.2) is 158 Å². The molecular formula is C40H26. The Hall–Kier alpha value is -5.20. The van der Waals surface area contributed by atoms with Crippen LogP contribution >= 0.6 is 0 Å². The summed E-state index contributed by atoms with van der Waals surface area (Å²) in [5, 5.41) is 7.88. The summed E-state index contributed by atoms with van der Waals surface area (Å²) < 4.78 is 0. The molecule has 8 aromatic carbocycles. The summed E-state index contributed by atoms with van der Waals surface area (Å²) >= 11 is 0. The average Bonchev–Trinajstić information content (AvgIpc) is 3.04. The lowest BCUT2D eigenvalue weighted by Crippen LogP contribution is -1.89. The van der Waals surface area contributed by atoms with E-state index in [2.05, 4.69) is 158 Å². The minimum absolute atomic E-state index is 1.24. The molecule has 0 N–H and O–H groups in total. The van der Waals surface area contributed by atoms with Crippen LogP contribution in [0.1, 0.15) is 0 Å². The first-order chi connectivity index (χ1) is 19.8. The zero-order valence-corrected chi connectivity index (χ0v) is 22.0. The van der Waals surface area contributed by atoms with Crippen LogP contribution in [0.2, 0.25) is 0 Å².